The molecule has 2 amide bonds. The molecule has 0 radical (unpaired) electrons. The highest BCUT2D eigenvalue weighted by molar-refractivity contribution is 5.96. The first-order valence-corrected chi connectivity index (χ1v) is 8.41. The molecule has 2 N–H and O–H groups in total. The summed E-state index contributed by atoms with van der Waals surface area (Å²) in [6, 6.07) is 9.28. The minimum absolute atomic E-state index is 0.170. The molecule has 0 bridgehead atoms. The molecule has 1 aromatic carbocycles. The van der Waals surface area contributed by atoms with Crippen LogP contribution in [0.1, 0.15) is 38.3 Å². The van der Waals surface area contributed by atoms with Gasteiger partial charge in [-0.3, -0.25) is 14.6 Å². The monoisotopic (exact) mass is 365 g/mol. The highest BCUT2D eigenvalue weighted by Gasteiger charge is 2.28. The molecule has 0 spiro atoms. The van der Waals surface area contributed by atoms with E-state index in [-0.39, 0.29) is 35.2 Å². The molecule has 8 heteroatoms. The standard InChI is InChI=1S/C19H16FN5O2/c20-14-5-3-13(4-6-14)15-10-25-11-16(23-17(25)19(27)24-15)18(26)22-9-12-2-1-7-21-8-12/h1-8,11,15H,9-10H2,(H,22,26)(H,24,27). The van der Waals surface area contributed by atoms with Crippen LogP contribution in [-0.2, 0) is 13.1 Å². The van der Waals surface area contributed by atoms with Gasteiger partial charge in [-0.05, 0) is 29.3 Å². The molecule has 1 aliphatic heterocycles. The Labute approximate surface area is 154 Å². The molecule has 1 aliphatic rings. The van der Waals surface area contributed by atoms with Crippen molar-refractivity contribution in [2.75, 3.05) is 0 Å². The number of rotatable bonds is 4. The number of nitrogens with zero attached hydrogens (tertiary/aromatic N) is 3. The lowest BCUT2D eigenvalue weighted by molar-refractivity contribution is 0.0894. The van der Waals surface area contributed by atoms with Crippen molar-refractivity contribution >= 4 is 11.8 Å². The van der Waals surface area contributed by atoms with Crippen LogP contribution in [-0.4, -0.2) is 26.3 Å². The Morgan fingerprint density at radius 3 is 2.85 bits per heavy atom. The van der Waals surface area contributed by atoms with Gasteiger partial charge in [-0.1, -0.05) is 18.2 Å². The summed E-state index contributed by atoms with van der Waals surface area (Å²) in [5.74, 6) is -0.898. The van der Waals surface area contributed by atoms with E-state index in [9.17, 15) is 14.0 Å². The van der Waals surface area contributed by atoms with Crippen LogP contribution in [0, 0.1) is 5.82 Å². The summed E-state index contributed by atoms with van der Waals surface area (Å²) in [5.41, 5.74) is 1.82. The number of halogens is 1. The van der Waals surface area contributed by atoms with E-state index in [2.05, 4.69) is 20.6 Å². The summed E-state index contributed by atoms with van der Waals surface area (Å²) in [4.78, 5) is 32.8. The van der Waals surface area contributed by atoms with Crippen LogP contribution in [0.5, 0.6) is 0 Å². The zero-order valence-corrected chi connectivity index (χ0v) is 14.2. The maximum Gasteiger partial charge on any atom is 0.287 e. The maximum atomic E-state index is 13.1. The zero-order valence-electron chi connectivity index (χ0n) is 14.2. The van der Waals surface area contributed by atoms with E-state index in [0.29, 0.717) is 13.1 Å². The number of fused-ring (bicyclic) bond motifs is 1. The molecule has 1 unspecified atom stereocenters. The van der Waals surface area contributed by atoms with Gasteiger partial charge in [0.1, 0.15) is 11.5 Å². The zero-order chi connectivity index (χ0) is 18.8. The molecule has 0 saturated carbocycles. The molecular formula is C19H16FN5O2. The van der Waals surface area contributed by atoms with Gasteiger partial charge in [0.25, 0.3) is 11.8 Å². The number of carbonyl (C=O) groups excluding carboxylic acids is 2. The Hall–Kier alpha value is -3.55. The number of imidazole rings is 1. The highest BCUT2D eigenvalue weighted by Crippen LogP contribution is 2.21. The van der Waals surface area contributed by atoms with Crippen molar-refractivity contribution in [3.8, 4) is 0 Å². The summed E-state index contributed by atoms with van der Waals surface area (Å²) in [6.07, 6.45) is 4.88. The molecule has 1 atom stereocenters. The van der Waals surface area contributed by atoms with E-state index in [1.165, 1.54) is 12.1 Å². The van der Waals surface area contributed by atoms with Crippen molar-refractivity contribution in [3.63, 3.8) is 0 Å². The normalized spacial score (nSPS) is 15.7. The first-order valence-electron chi connectivity index (χ1n) is 8.41. The molecule has 0 aliphatic carbocycles. The summed E-state index contributed by atoms with van der Waals surface area (Å²) < 4.78 is 14.8. The summed E-state index contributed by atoms with van der Waals surface area (Å²) in [7, 11) is 0. The molecule has 3 heterocycles. The molecule has 27 heavy (non-hydrogen) atoms. The average Bonchev–Trinajstić information content (AvgIpc) is 3.12. The van der Waals surface area contributed by atoms with Crippen LogP contribution < -0.4 is 10.6 Å². The fourth-order valence-corrected chi connectivity index (χ4v) is 2.97. The minimum atomic E-state index is -0.373. The smallest absolute Gasteiger partial charge is 0.287 e. The summed E-state index contributed by atoms with van der Waals surface area (Å²) >= 11 is 0. The van der Waals surface area contributed by atoms with Gasteiger partial charge >= 0.3 is 0 Å². The Kier molecular flexibility index (Phi) is 4.37. The van der Waals surface area contributed by atoms with Crippen LogP contribution in [0.4, 0.5) is 4.39 Å². The molecule has 136 valence electrons. The van der Waals surface area contributed by atoms with Crippen molar-refractivity contribution in [2.24, 2.45) is 0 Å². The van der Waals surface area contributed by atoms with Gasteiger partial charge < -0.3 is 15.2 Å². The molecule has 3 aromatic rings. The molecule has 0 saturated heterocycles. The second kappa shape index (κ2) is 6.99. The fourth-order valence-electron chi connectivity index (χ4n) is 2.97. The van der Waals surface area contributed by atoms with E-state index in [1.807, 2.05) is 6.07 Å². The first kappa shape index (κ1) is 16.9. The van der Waals surface area contributed by atoms with Crippen LogP contribution >= 0.6 is 0 Å². The van der Waals surface area contributed by atoms with Crippen molar-refractivity contribution < 1.29 is 14.0 Å². The van der Waals surface area contributed by atoms with Crippen LogP contribution in [0.25, 0.3) is 0 Å². The van der Waals surface area contributed by atoms with Crippen LogP contribution in [0.15, 0.2) is 55.0 Å². The quantitative estimate of drug-likeness (QED) is 0.738. The predicted molar refractivity (Wildman–Crippen MR) is 94.2 cm³/mol. The van der Waals surface area contributed by atoms with E-state index >= 15 is 0 Å². The number of pyridine rings is 1. The van der Waals surface area contributed by atoms with E-state index in [4.69, 9.17) is 0 Å². The second-order valence-corrected chi connectivity index (χ2v) is 6.22. The van der Waals surface area contributed by atoms with E-state index < -0.39 is 0 Å². The predicted octanol–water partition coefficient (Wildman–Crippen LogP) is 1.83. The molecule has 2 aromatic heterocycles. The van der Waals surface area contributed by atoms with Gasteiger partial charge in [-0.2, -0.15) is 0 Å². The lowest BCUT2D eigenvalue weighted by atomic mass is 10.1. The molecule has 4 rings (SSSR count). The SMILES string of the molecule is O=C(NCc1cccnc1)c1cn2c(n1)C(=O)NC(c1ccc(F)cc1)C2. The summed E-state index contributed by atoms with van der Waals surface area (Å²) in [5, 5.41) is 5.59. The van der Waals surface area contributed by atoms with Crippen molar-refractivity contribution in [1.29, 1.82) is 0 Å². The van der Waals surface area contributed by atoms with Crippen molar-refractivity contribution in [3.05, 3.63) is 83.5 Å². The number of nitrogens with one attached hydrogen (secondary N) is 2. The second-order valence-electron chi connectivity index (χ2n) is 6.22. The van der Waals surface area contributed by atoms with Gasteiger partial charge in [-0.15, -0.1) is 0 Å². The lowest BCUT2D eigenvalue weighted by Gasteiger charge is -2.25. The Balaban J connectivity index is 1.49. The minimum Gasteiger partial charge on any atom is -0.347 e. The van der Waals surface area contributed by atoms with Gasteiger partial charge in [0.15, 0.2) is 5.82 Å². The van der Waals surface area contributed by atoms with Crippen molar-refractivity contribution in [2.45, 2.75) is 19.1 Å². The van der Waals surface area contributed by atoms with Crippen LogP contribution in [0.3, 0.4) is 0 Å². The molecule has 0 fully saturated rings. The number of amides is 2. The molecule has 7 nitrogen and oxygen atoms in total. The third-order valence-corrected chi connectivity index (χ3v) is 4.35. The van der Waals surface area contributed by atoms with Crippen molar-refractivity contribution in [1.82, 2.24) is 25.2 Å². The third-order valence-electron chi connectivity index (χ3n) is 4.35. The number of aromatic nitrogens is 3. The Bertz CT molecular complexity index is 985. The highest BCUT2D eigenvalue weighted by atomic mass is 19.1. The third kappa shape index (κ3) is 3.55. The van der Waals surface area contributed by atoms with Gasteiger partial charge in [0.2, 0.25) is 0 Å². The number of hydrogen-bond donors (Lipinski definition) is 2. The number of hydrogen-bond acceptors (Lipinski definition) is 4. The van der Waals surface area contributed by atoms with E-state index in [0.717, 1.165) is 11.1 Å². The Morgan fingerprint density at radius 1 is 1.30 bits per heavy atom. The van der Waals surface area contributed by atoms with Gasteiger partial charge in [0, 0.05) is 31.7 Å². The lowest BCUT2D eigenvalue weighted by Crippen LogP contribution is -2.38. The van der Waals surface area contributed by atoms with E-state index in [1.54, 1.807) is 41.4 Å². The number of carbonyl (C=O) groups is 2. The van der Waals surface area contributed by atoms with Gasteiger partial charge in [-0.25, -0.2) is 9.37 Å². The number of benzene rings is 1. The largest absolute Gasteiger partial charge is 0.347 e. The van der Waals surface area contributed by atoms with Gasteiger partial charge in [0.05, 0.1) is 6.04 Å². The maximum absolute atomic E-state index is 13.1. The van der Waals surface area contributed by atoms with Crippen LogP contribution in [0.2, 0.25) is 0 Å². The first-order chi connectivity index (χ1) is 13.1. The molecular weight excluding hydrogens is 349 g/mol. The average molecular weight is 365 g/mol. The summed E-state index contributed by atoms with van der Waals surface area (Å²) in [6.45, 7) is 0.731. The topological polar surface area (TPSA) is 88.9 Å². The fraction of sp³-hybridized carbons (Fsp3) is 0.158. The Morgan fingerprint density at radius 2 is 2.11 bits per heavy atom.